The summed E-state index contributed by atoms with van der Waals surface area (Å²) in [7, 11) is 1.67. The fourth-order valence-electron chi connectivity index (χ4n) is 2.26. The molecule has 1 atom stereocenters. The van der Waals surface area contributed by atoms with Crippen LogP contribution in [0.4, 0.5) is 0 Å². The first-order valence-electron chi connectivity index (χ1n) is 6.80. The minimum atomic E-state index is -0.200. The Morgan fingerprint density at radius 1 is 1.14 bits per heavy atom. The predicted octanol–water partition coefficient (Wildman–Crippen LogP) is 4.04. The third-order valence-corrected chi connectivity index (χ3v) is 3.64. The Morgan fingerprint density at radius 2 is 1.90 bits per heavy atom. The van der Waals surface area contributed by atoms with E-state index < -0.39 is 0 Å². The van der Waals surface area contributed by atoms with Gasteiger partial charge in [0.25, 0.3) is 0 Å². The number of halogens is 1. The van der Waals surface area contributed by atoms with Crippen LogP contribution in [0.3, 0.4) is 0 Å². The van der Waals surface area contributed by atoms with E-state index in [9.17, 15) is 0 Å². The van der Waals surface area contributed by atoms with Gasteiger partial charge in [0.15, 0.2) is 0 Å². The van der Waals surface area contributed by atoms with Crippen LogP contribution in [0.1, 0.15) is 22.7 Å². The van der Waals surface area contributed by atoms with Gasteiger partial charge in [0.05, 0.1) is 13.2 Å². The van der Waals surface area contributed by atoms with E-state index >= 15 is 0 Å². The number of hydrogen-bond donors (Lipinski definition) is 1. The summed E-state index contributed by atoms with van der Waals surface area (Å²) in [6.07, 6.45) is 0. The van der Waals surface area contributed by atoms with Gasteiger partial charge in [-0.2, -0.15) is 0 Å². The normalized spacial score (nSPS) is 12.0. The van der Waals surface area contributed by atoms with E-state index in [4.69, 9.17) is 26.8 Å². The highest BCUT2D eigenvalue weighted by Gasteiger charge is 2.13. The first-order valence-corrected chi connectivity index (χ1v) is 7.18. The Kier molecular flexibility index (Phi) is 5.10. The van der Waals surface area contributed by atoms with Crippen molar-refractivity contribution in [2.45, 2.75) is 19.9 Å². The van der Waals surface area contributed by atoms with Crippen LogP contribution >= 0.6 is 11.6 Å². The molecular formula is C17H20ClNO2. The summed E-state index contributed by atoms with van der Waals surface area (Å²) < 4.78 is 11.0. The van der Waals surface area contributed by atoms with E-state index in [0.29, 0.717) is 11.6 Å². The SMILES string of the molecule is COc1cc(C)c(C(N)COc2cccc(Cl)c2)cc1C. The predicted molar refractivity (Wildman–Crippen MR) is 86.3 cm³/mol. The first-order chi connectivity index (χ1) is 10.0. The Hall–Kier alpha value is -1.71. The number of aryl methyl sites for hydroxylation is 2. The van der Waals surface area contributed by atoms with Gasteiger partial charge < -0.3 is 15.2 Å². The fraction of sp³-hybridized carbons (Fsp3) is 0.294. The molecule has 0 amide bonds. The molecule has 2 aromatic rings. The molecule has 0 spiro atoms. The summed E-state index contributed by atoms with van der Waals surface area (Å²) >= 11 is 5.93. The van der Waals surface area contributed by atoms with Gasteiger partial charge >= 0.3 is 0 Å². The summed E-state index contributed by atoms with van der Waals surface area (Å²) in [6, 6.07) is 11.2. The van der Waals surface area contributed by atoms with Gasteiger partial charge in [-0.1, -0.05) is 23.7 Å². The van der Waals surface area contributed by atoms with Gasteiger partial charge in [0.1, 0.15) is 18.1 Å². The maximum Gasteiger partial charge on any atom is 0.122 e. The van der Waals surface area contributed by atoms with Crippen LogP contribution in [-0.4, -0.2) is 13.7 Å². The zero-order valence-electron chi connectivity index (χ0n) is 12.5. The molecule has 0 aromatic heterocycles. The molecule has 2 rings (SSSR count). The smallest absolute Gasteiger partial charge is 0.122 e. The largest absolute Gasteiger partial charge is 0.496 e. The molecule has 1 unspecified atom stereocenters. The molecular weight excluding hydrogens is 286 g/mol. The molecule has 4 heteroatoms. The summed E-state index contributed by atoms with van der Waals surface area (Å²) in [4.78, 5) is 0. The van der Waals surface area contributed by atoms with E-state index in [1.807, 2.05) is 38.1 Å². The van der Waals surface area contributed by atoms with Crippen LogP contribution in [0.15, 0.2) is 36.4 Å². The maximum atomic E-state index is 6.24. The van der Waals surface area contributed by atoms with E-state index in [1.54, 1.807) is 13.2 Å². The topological polar surface area (TPSA) is 44.5 Å². The molecule has 3 nitrogen and oxygen atoms in total. The highest BCUT2D eigenvalue weighted by Crippen LogP contribution is 2.26. The van der Waals surface area contributed by atoms with E-state index in [1.165, 1.54) is 0 Å². The molecule has 0 aliphatic rings. The van der Waals surface area contributed by atoms with Crippen LogP contribution in [0, 0.1) is 13.8 Å². The van der Waals surface area contributed by atoms with Gasteiger partial charge in [-0.3, -0.25) is 0 Å². The lowest BCUT2D eigenvalue weighted by Gasteiger charge is -2.18. The van der Waals surface area contributed by atoms with Crippen molar-refractivity contribution in [1.82, 2.24) is 0 Å². The summed E-state index contributed by atoms with van der Waals surface area (Å²) in [5, 5.41) is 0.651. The average molecular weight is 306 g/mol. The summed E-state index contributed by atoms with van der Waals surface area (Å²) in [6.45, 7) is 4.43. The van der Waals surface area contributed by atoms with Crippen molar-refractivity contribution in [2.75, 3.05) is 13.7 Å². The van der Waals surface area contributed by atoms with E-state index in [2.05, 4.69) is 6.07 Å². The number of ether oxygens (including phenoxy) is 2. The Bertz CT molecular complexity index is 628. The van der Waals surface area contributed by atoms with Crippen molar-refractivity contribution in [3.63, 3.8) is 0 Å². The third kappa shape index (κ3) is 3.90. The van der Waals surface area contributed by atoms with Crippen molar-refractivity contribution in [2.24, 2.45) is 5.73 Å². The number of rotatable bonds is 5. The number of methoxy groups -OCH3 is 1. The second-order valence-corrected chi connectivity index (χ2v) is 5.49. The molecule has 0 heterocycles. The number of benzene rings is 2. The fourth-order valence-corrected chi connectivity index (χ4v) is 2.44. The highest BCUT2D eigenvalue weighted by molar-refractivity contribution is 6.30. The zero-order chi connectivity index (χ0) is 15.4. The zero-order valence-corrected chi connectivity index (χ0v) is 13.3. The highest BCUT2D eigenvalue weighted by atomic mass is 35.5. The van der Waals surface area contributed by atoms with Crippen molar-refractivity contribution in [1.29, 1.82) is 0 Å². The van der Waals surface area contributed by atoms with E-state index in [-0.39, 0.29) is 6.04 Å². The molecule has 0 radical (unpaired) electrons. The second kappa shape index (κ2) is 6.83. The third-order valence-electron chi connectivity index (χ3n) is 3.41. The monoisotopic (exact) mass is 305 g/mol. The molecule has 0 saturated heterocycles. The number of nitrogens with two attached hydrogens (primary N) is 1. The lowest BCUT2D eigenvalue weighted by Crippen LogP contribution is -2.20. The van der Waals surface area contributed by atoms with Gasteiger partial charge in [-0.05, 0) is 54.8 Å². The van der Waals surface area contributed by atoms with Crippen LogP contribution in [-0.2, 0) is 0 Å². The first kappa shape index (κ1) is 15.7. The molecule has 0 saturated carbocycles. The quantitative estimate of drug-likeness (QED) is 0.906. The van der Waals surface area contributed by atoms with Crippen molar-refractivity contribution in [3.05, 3.63) is 58.1 Å². The maximum absolute atomic E-state index is 6.24. The van der Waals surface area contributed by atoms with Crippen molar-refractivity contribution >= 4 is 11.6 Å². The molecule has 0 aliphatic carbocycles. The summed E-state index contributed by atoms with van der Waals surface area (Å²) in [5.74, 6) is 1.60. The molecule has 0 fully saturated rings. The standard InChI is InChI=1S/C17H20ClNO2/c1-11-8-17(20-3)12(2)7-15(11)16(19)10-21-14-6-4-5-13(18)9-14/h4-9,16H,10,19H2,1-3H3. The molecule has 0 aliphatic heterocycles. The minimum Gasteiger partial charge on any atom is -0.496 e. The number of hydrogen-bond acceptors (Lipinski definition) is 3. The minimum absolute atomic E-state index is 0.200. The van der Waals surface area contributed by atoms with Crippen LogP contribution in [0.2, 0.25) is 5.02 Å². The summed E-state index contributed by atoms with van der Waals surface area (Å²) in [5.41, 5.74) is 9.47. The van der Waals surface area contributed by atoms with Crippen molar-refractivity contribution < 1.29 is 9.47 Å². The van der Waals surface area contributed by atoms with E-state index in [0.717, 1.165) is 28.2 Å². The Labute approximate surface area is 130 Å². The Morgan fingerprint density at radius 3 is 2.57 bits per heavy atom. The average Bonchev–Trinajstić information content (AvgIpc) is 2.46. The van der Waals surface area contributed by atoms with Crippen molar-refractivity contribution in [3.8, 4) is 11.5 Å². The molecule has 21 heavy (non-hydrogen) atoms. The Balaban J connectivity index is 2.10. The lowest BCUT2D eigenvalue weighted by molar-refractivity contribution is 0.290. The second-order valence-electron chi connectivity index (χ2n) is 5.05. The van der Waals surface area contributed by atoms with Crippen LogP contribution < -0.4 is 15.2 Å². The molecule has 112 valence electrons. The lowest BCUT2D eigenvalue weighted by atomic mass is 9.99. The van der Waals surface area contributed by atoms with Gasteiger partial charge in [-0.15, -0.1) is 0 Å². The molecule has 0 bridgehead atoms. The van der Waals surface area contributed by atoms with Crippen LogP contribution in [0.5, 0.6) is 11.5 Å². The van der Waals surface area contributed by atoms with Gasteiger partial charge in [-0.25, -0.2) is 0 Å². The van der Waals surface area contributed by atoms with Crippen LogP contribution in [0.25, 0.3) is 0 Å². The molecule has 2 N–H and O–H groups in total. The van der Waals surface area contributed by atoms with Gasteiger partial charge in [0.2, 0.25) is 0 Å². The van der Waals surface area contributed by atoms with Gasteiger partial charge in [0, 0.05) is 5.02 Å². The molecule has 2 aromatic carbocycles.